The molecule has 0 amide bonds. The van der Waals surface area contributed by atoms with Crippen molar-refractivity contribution in [3.8, 4) is 17.0 Å². The number of nitrogens with zero attached hydrogens (tertiary/aromatic N) is 1. The summed E-state index contributed by atoms with van der Waals surface area (Å²) < 4.78 is 47.0. The summed E-state index contributed by atoms with van der Waals surface area (Å²) in [6, 6.07) is 9.81. The van der Waals surface area contributed by atoms with E-state index in [2.05, 4.69) is 9.97 Å². The van der Waals surface area contributed by atoms with Crippen LogP contribution in [-0.2, 0) is 12.6 Å². The number of aromatic amines is 1. The summed E-state index contributed by atoms with van der Waals surface area (Å²) in [4.78, 5) is 7.44. The van der Waals surface area contributed by atoms with E-state index < -0.39 is 11.7 Å². The van der Waals surface area contributed by atoms with Crippen LogP contribution in [0.25, 0.3) is 33.1 Å². The van der Waals surface area contributed by atoms with E-state index in [1.807, 2.05) is 12.1 Å². The number of ether oxygens (including phenoxy) is 1. The first-order chi connectivity index (χ1) is 14.8. The first kappa shape index (κ1) is 21.5. The zero-order chi connectivity index (χ0) is 22.2. The van der Waals surface area contributed by atoms with Crippen molar-refractivity contribution in [2.24, 2.45) is 5.73 Å². The highest BCUT2D eigenvalue weighted by molar-refractivity contribution is 6.31. The maximum Gasteiger partial charge on any atom is 0.418 e. The van der Waals surface area contributed by atoms with Crippen LogP contribution in [0.15, 0.2) is 42.6 Å². The Hall–Kier alpha value is -2.77. The fraction of sp³-hybridized carbons (Fsp3) is 0.261. The number of hydrogen-bond donors (Lipinski definition) is 2. The Morgan fingerprint density at radius 2 is 1.94 bits per heavy atom. The van der Waals surface area contributed by atoms with Gasteiger partial charge in [0.2, 0.25) is 0 Å². The summed E-state index contributed by atoms with van der Waals surface area (Å²) in [7, 11) is 1.54. The Balaban J connectivity index is 2.09. The van der Waals surface area contributed by atoms with Gasteiger partial charge in [-0.2, -0.15) is 13.2 Å². The lowest BCUT2D eigenvalue weighted by Gasteiger charge is -2.13. The van der Waals surface area contributed by atoms with Gasteiger partial charge in [0, 0.05) is 27.6 Å². The summed E-state index contributed by atoms with van der Waals surface area (Å²) in [5.41, 5.74) is 7.60. The number of H-pyrrole nitrogens is 1. The lowest BCUT2D eigenvalue weighted by molar-refractivity contribution is -0.136. The molecule has 0 aliphatic heterocycles. The molecule has 0 saturated carbocycles. The molecule has 0 bridgehead atoms. The number of benzene rings is 2. The minimum Gasteiger partial charge on any atom is -0.496 e. The van der Waals surface area contributed by atoms with E-state index >= 15 is 0 Å². The molecule has 0 aliphatic carbocycles. The molecule has 4 nitrogen and oxygen atoms in total. The van der Waals surface area contributed by atoms with Gasteiger partial charge in [-0.1, -0.05) is 17.7 Å². The van der Waals surface area contributed by atoms with E-state index in [0.717, 1.165) is 35.4 Å². The number of nitrogens with one attached hydrogen (secondary N) is 1. The van der Waals surface area contributed by atoms with Crippen molar-refractivity contribution in [2.75, 3.05) is 13.7 Å². The monoisotopic (exact) mass is 447 g/mol. The van der Waals surface area contributed by atoms with E-state index in [4.69, 9.17) is 22.1 Å². The lowest BCUT2D eigenvalue weighted by Crippen LogP contribution is -2.05. The third kappa shape index (κ3) is 3.95. The van der Waals surface area contributed by atoms with Crippen molar-refractivity contribution in [1.82, 2.24) is 9.97 Å². The number of aryl methyl sites for hydroxylation is 1. The van der Waals surface area contributed by atoms with Crippen LogP contribution in [0.4, 0.5) is 13.2 Å². The van der Waals surface area contributed by atoms with Crippen molar-refractivity contribution in [2.45, 2.75) is 25.4 Å². The SMILES string of the molecule is COc1ccc2ncccc2c1-c1[nH]c2c(C(F)(F)F)cc(Cl)cc2c1CCCCN. The Morgan fingerprint density at radius 3 is 2.65 bits per heavy atom. The zero-order valence-electron chi connectivity index (χ0n) is 16.8. The number of alkyl halides is 3. The minimum atomic E-state index is -4.55. The summed E-state index contributed by atoms with van der Waals surface area (Å²) >= 11 is 6.10. The zero-order valence-corrected chi connectivity index (χ0v) is 17.6. The van der Waals surface area contributed by atoms with Crippen LogP contribution < -0.4 is 10.5 Å². The number of halogens is 4. The summed E-state index contributed by atoms with van der Waals surface area (Å²) in [6.45, 7) is 0.508. The van der Waals surface area contributed by atoms with Crippen LogP contribution in [0.5, 0.6) is 5.75 Å². The molecular weight excluding hydrogens is 427 g/mol. The molecule has 0 atom stereocenters. The van der Waals surface area contributed by atoms with Gasteiger partial charge in [-0.25, -0.2) is 0 Å². The maximum atomic E-state index is 13.8. The number of methoxy groups -OCH3 is 1. The van der Waals surface area contributed by atoms with Crippen molar-refractivity contribution < 1.29 is 17.9 Å². The first-order valence-corrected chi connectivity index (χ1v) is 10.3. The van der Waals surface area contributed by atoms with Gasteiger partial charge >= 0.3 is 6.18 Å². The van der Waals surface area contributed by atoms with Crippen LogP contribution in [0.2, 0.25) is 5.02 Å². The molecule has 162 valence electrons. The highest BCUT2D eigenvalue weighted by atomic mass is 35.5. The standard InChI is InChI=1S/C23H21ClF3N3O/c1-31-19-8-7-18-15(6-4-10-29-18)20(19)22-14(5-2-3-9-28)16-11-13(24)12-17(21(16)30-22)23(25,26)27/h4,6-8,10-12,30H,2-3,5,9,28H2,1H3. The molecule has 8 heteroatoms. The van der Waals surface area contributed by atoms with Crippen molar-refractivity contribution in [1.29, 1.82) is 0 Å². The first-order valence-electron chi connectivity index (χ1n) is 9.88. The molecule has 0 fully saturated rings. The number of hydrogen-bond acceptors (Lipinski definition) is 3. The van der Waals surface area contributed by atoms with Gasteiger partial charge in [-0.3, -0.25) is 4.98 Å². The van der Waals surface area contributed by atoms with Gasteiger partial charge in [0.05, 0.1) is 29.4 Å². The fourth-order valence-electron chi connectivity index (χ4n) is 4.02. The molecule has 2 aromatic carbocycles. The molecule has 2 heterocycles. The fourth-order valence-corrected chi connectivity index (χ4v) is 4.24. The predicted molar refractivity (Wildman–Crippen MR) is 118 cm³/mol. The summed E-state index contributed by atoms with van der Waals surface area (Å²) in [5.74, 6) is 0.548. The van der Waals surface area contributed by atoms with Crippen LogP contribution in [-0.4, -0.2) is 23.6 Å². The number of pyridine rings is 1. The molecule has 3 N–H and O–H groups in total. The number of nitrogens with two attached hydrogens (primary N) is 1. The van der Waals surface area contributed by atoms with Gasteiger partial charge in [0.25, 0.3) is 0 Å². The van der Waals surface area contributed by atoms with E-state index in [1.54, 1.807) is 24.4 Å². The molecule has 0 unspecified atom stereocenters. The van der Waals surface area contributed by atoms with E-state index in [-0.39, 0.29) is 10.5 Å². The second-order valence-corrected chi connectivity index (χ2v) is 7.75. The quantitative estimate of drug-likeness (QED) is 0.339. The Kier molecular flexibility index (Phi) is 5.81. The second kappa shape index (κ2) is 8.40. The molecule has 31 heavy (non-hydrogen) atoms. The Morgan fingerprint density at radius 1 is 1.13 bits per heavy atom. The summed E-state index contributed by atoms with van der Waals surface area (Å²) in [6.07, 6.45) is -0.843. The molecule has 4 aromatic rings. The van der Waals surface area contributed by atoms with E-state index in [1.165, 1.54) is 7.11 Å². The van der Waals surface area contributed by atoms with Crippen molar-refractivity contribution in [3.05, 3.63) is 58.7 Å². The van der Waals surface area contributed by atoms with Gasteiger partial charge < -0.3 is 15.5 Å². The Labute approximate surface area is 182 Å². The topological polar surface area (TPSA) is 63.9 Å². The highest BCUT2D eigenvalue weighted by Crippen LogP contribution is 2.44. The molecule has 0 aliphatic rings. The Bertz CT molecular complexity index is 1250. The average molecular weight is 448 g/mol. The van der Waals surface area contributed by atoms with Crippen LogP contribution in [0.1, 0.15) is 24.0 Å². The smallest absolute Gasteiger partial charge is 0.418 e. The second-order valence-electron chi connectivity index (χ2n) is 7.31. The van der Waals surface area contributed by atoms with Gasteiger partial charge in [0.1, 0.15) is 5.75 Å². The third-order valence-electron chi connectivity index (χ3n) is 5.38. The summed E-state index contributed by atoms with van der Waals surface area (Å²) in [5, 5.41) is 1.28. The normalized spacial score (nSPS) is 12.1. The van der Waals surface area contributed by atoms with Crippen molar-refractivity contribution in [3.63, 3.8) is 0 Å². The van der Waals surface area contributed by atoms with Gasteiger partial charge in [0.15, 0.2) is 0 Å². The largest absolute Gasteiger partial charge is 0.496 e. The van der Waals surface area contributed by atoms with Crippen molar-refractivity contribution >= 4 is 33.4 Å². The van der Waals surface area contributed by atoms with Crippen LogP contribution in [0.3, 0.4) is 0 Å². The molecule has 2 aromatic heterocycles. The lowest BCUT2D eigenvalue weighted by atomic mass is 9.96. The van der Waals surface area contributed by atoms with E-state index in [9.17, 15) is 13.2 Å². The average Bonchev–Trinajstić information content (AvgIpc) is 3.09. The third-order valence-corrected chi connectivity index (χ3v) is 5.60. The van der Waals surface area contributed by atoms with Gasteiger partial charge in [-0.05, 0) is 61.7 Å². The van der Waals surface area contributed by atoms with E-state index in [0.29, 0.717) is 35.4 Å². The molecule has 0 radical (unpaired) electrons. The van der Waals surface area contributed by atoms with Crippen LogP contribution in [0, 0.1) is 0 Å². The number of unbranched alkanes of at least 4 members (excludes halogenated alkanes) is 1. The van der Waals surface area contributed by atoms with Crippen LogP contribution >= 0.6 is 11.6 Å². The molecule has 0 spiro atoms. The molecular formula is C23H21ClF3N3O. The number of rotatable bonds is 6. The molecule has 0 saturated heterocycles. The minimum absolute atomic E-state index is 0.0117. The predicted octanol–water partition coefficient (Wildman–Crippen LogP) is 6.35. The van der Waals surface area contributed by atoms with Gasteiger partial charge in [-0.15, -0.1) is 0 Å². The highest BCUT2D eigenvalue weighted by Gasteiger charge is 2.35. The number of fused-ring (bicyclic) bond motifs is 2. The number of aromatic nitrogens is 2. The maximum absolute atomic E-state index is 13.8. The molecule has 4 rings (SSSR count).